The van der Waals surface area contributed by atoms with E-state index in [1.165, 1.54) is 36.3 Å². The van der Waals surface area contributed by atoms with Crippen molar-refractivity contribution >= 4 is 29.2 Å². The Morgan fingerprint density at radius 2 is 1.61 bits per heavy atom. The Bertz CT molecular complexity index is 947. The summed E-state index contributed by atoms with van der Waals surface area (Å²) in [6, 6.07) is 10.8. The molecule has 0 aliphatic carbocycles. The monoisotopic (exact) mass is 437 g/mol. The second kappa shape index (κ2) is 10.6. The number of halogens is 3. The SMILES string of the molecule is CCN(CC(=O)Nc1cccc(C(=O)OC)c1)CC(=O)Nc1ccccc1C(F)(F)F. The van der Waals surface area contributed by atoms with Crippen LogP contribution in [-0.2, 0) is 20.5 Å². The van der Waals surface area contributed by atoms with Crippen molar-refractivity contribution in [1.29, 1.82) is 0 Å². The number of amides is 2. The molecule has 0 radical (unpaired) electrons. The molecule has 0 aliphatic heterocycles. The molecule has 10 heteroatoms. The highest BCUT2D eigenvalue weighted by Crippen LogP contribution is 2.34. The van der Waals surface area contributed by atoms with Gasteiger partial charge in [-0.05, 0) is 36.9 Å². The van der Waals surface area contributed by atoms with Crippen molar-refractivity contribution in [2.75, 3.05) is 37.4 Å². The van der Waals surface area contributed by atoms with E-state index in [0.29, 0.717) is 12.2 Å². The molecule has 0 unspecified atom stereocenters. The first-order chi connectivity index (χ1) is 14.6. The van der Waals surface area contributed by atoms with Crippen LogP contribution in [0.2, 0.25) is 0 Å². The van der Waals surface area contributed by atoms with E-state index in [1.54, 1.807) is 19.1 Å². The summed E-state index contributed by atoms with van der Waals surface area (Å²) >= 11 is 0. The zero-order valence-electron chi connectivity index (χ0n) is 17.0. The Labute approximate surface area is 177 Å². The quantitative estimate of drug-likeness (QED) is 0.619. The Morgan fingerprint density at radius 3 is 2.23 bits per heavy atom. The number of anilines is 2. The van der Waals surface area contributed by atoms with Gasteiger partial charge in [-0.1, -0.05) is 25.1 Å². The Morgan fingerprint density at radius 1 is 0.968 bits per heavy atom. The number of esters is 1. The van der Waals surface area contributed by atoms with Crippen LogP contribution in [0.15, 0.2) is 48.5 Å². The van der Waals surface area contributed by atoms with Gasteiger partial charge in [-0.3, -0.25) is 14.5 Å². The lowest BCUT2D eigenvalue weighted by molar-refractivity contribution is -0.137. The fourth-order valence-corrected chi connectivity index (χ4v) is 2.76. The maximum absolute atomic E-state index is 13.1. The van der Waals surface area contributed by atoms with Gasteiger partial charge in [0.15, 0.2) is 0 Å². The number of likely N-dealkylation sites (N-methyl/N-ethyl adjacent to an activating group) is 1. The summed E-state index contributed by atoms with van der Waals surface area (Å²) in [5.74, 6) is -1.69. The van der Waals surface area contributed by atoms with Gasteiger partial charge < -0.3 is 15.4 Å². The van der Waals surface area contributed by atoms with Crippen molar-refractivity contribution in [3.8, 4) is 0 Å². The van der Waals surface area contributed by atoms with E-state index < -0.39 is 29.5 Å². The summed E-state index contributed by atoms with van der Waals surface area (Å²) in [5, 5.41) is 4.86. The zero-order chi connectivity index (χ0) is 23.0. The van der Waals surface area contributed by atoms with Crippen molar-refractivity contribution in [2.45, 2.75) is 13.1 Å². The molecule has 2 aromatic carbocycles. The maximum Gasteiger partial charge on any atom is 0.418 e. The van der Waals surface area contributed by atoms with Crippen molar-refractivity contribution in [3.05, 3.63) is 59.7 Å². The molecular weight excluding hydrogens is 415 g/mol. The van der Waals surface area contributed by atoms with E-state index in [2.05, 4.69) is 15.4 Å². The van der Waals surface area contributed by atoms with Crippen LogP contribution in [0.5, 0.6) is 0 Å². The number of carbonyl (C=O) groups excluding carboxylic acids is 3. The number of ether oxygens (including phenoxy) is 1. The van der Waals surface area contributed by atoms with Gasteiger partial charge in [0.05, 0.1) is 37.0 Å². The van der Waals surface area contributed by atoms with Crippen LogP contribution >= 0.6 is 0 Å². The van der Waals surface area contributed by atoms with Crippen LogP contribution in [0.4, 0.5) is 24.5 Å². The lowest BCUT2D eigenvalue weighted by atomic mass is 10.1. The third-order valence-electron chi connectivity index (χ3n) is 4.26. The number of methoxy groups -OCH3 is 1. The third-order valence-corrected chi connectivity index (χ3v) is 4.26. The Hall–Kier alpha value is -3.40. The molecule has 0 saturated carbocycles. The maximum atomic E-state index is 13.1. The largest absolute Gasteiger partial charge is 0.465 e. The smallest absolute Gasteiger partial charge is 0.418 e. The van der Waals surface area contributed by atoms with Gasteiger partial charge in [0, 0.05) is 5.69 Å². The van der Waals surface area contributed by atoms with Crippen LogP contribution in [0, 0.1) is 0 Å². The average Bonchev–Trinajstić information content (AvgIpc) is 2.72. The number of alkyl halides is 3. The van der Waals surface area contributed by atoms with Gasteiger partial charge in [-0.15, -0.1) is 0 Å². The standard InChI is InChI=1S/C21H22F3N3O4/c1-3-27(12-18(28)25-15-8-6-7-14(11-15)20(30)31-2)13-19(29)26-17-10-5-4-9-16(17)21(22,23)24/h4-11H,3,12-13H2,1-2H3,(H,25,28)(H,26,29). The fourth-order valence-electron chi connectivity index (χ4n) is 2.76. The second-order valence-electron chi connectivity index (χ2n) is 6.52. The second-order valence-corrected chi connectivity index (χ2v) is 6.52. The van der Waals surface area contributed by atoms with E-state index in [9.17, 15) is 27.6 Å². The minimum Gasteiger partial charge on any atom is -0.465 e. The molecular formula is C21H22F3N3O4. The van der Waals surface area contributed by atoms with Crippen LogP contribution in [0.1, 0.15) is 22.8 Å². The van der Waals surface area contributed by atoms with E-state index in [4.69, 9.17) is 0 Å². The first kappa shape index (κ1) is 23.9. The fraction of sp³-hybridized carbons (Fsp3) is 0.286. The number of nitrogens with one attached hydrogen (secondary N) is 2. The number of nitrogens with zero attached hydrogens (tertiary/aromatic N) is 1. The van der Waals surface area contributed by atoms with Crippen LogP contribution in [0.25, 0.3) is 0 Å². The van der Waals surface area contributed by atoms with E-state index in [1.807, 2.05) is 0 Å². The van der Waals surface area contributed by atoms with Crippen LogP contribution in [-0.4, -0.2) is 49.4 Å². The summed E-state index contributed by atoms with van der Waals surface area (Å²) in [4.78, 5) is 37.6. The number of carbonyl (C=O) groups is 3. The highest BCUT2D eigenvalue weighted by molar-refractivity contribution is 5.96. The number of para-hydroxylation sites is 1. The predicted molar refractivity (Wildman–Crippen MR) is 109 cm³/mol. The van der Waals surface area contributed by atoms with Gasteiger partial charge in [0.25, 0.3) is 0 Å². The minimum absolute atomic E-state index is 0.173. The van der Waals surface area contributed by atoms with E-state index in [-0.39, 0.29) is 24.3 Å². The van der Waals surface area contributed by atoms with Crippen molar-refractivity contribution in [2.24, 2.45) is 0 Å². The molecule has 2 amide bonds. The number of rotatable bonds is 8. The highest BCUT2D eigenvalue weighted by atomic mass is 19.4. The topological polar surface area (TPSA) is 87.7 Å². The summed E-state index contributed by atoms with van der Waals surface area (Å²) in [6.07, 6.45) is -4.60. The van der Waals surface area contributed by atoms with Gasteiger partial charge >= 0.3 is 12.1 Å². The average molecular weight is 437 g/mol. The highest BCUT2D eigenvalue weighted by Gasteiger charge is 2.33. The Kier molecular flexibility index (Phi) is 8.14. The van der Waals surface area contributed by atoms with Gasteiger partial charge in [0.2, 0.25) is 11.8 Å². The molecule has 0 aromatic heterocycles. The minimum atomic E-state index is -4.60. The molecule has 31 heavy (non-hydrogen) atoms. The van der Waals surface area contributed by atoms with Crippen molar-refractivity contribution in [3.63, 3.8) is 0 Å². The molecule has 7 nitrogen and oxygen atoms in total. The normalized spacial score (nSPS) is 11.2. The molecule has 0 spiro atoms. The molecule has 0 bridgehead atoms. The molecule has 2 N–H and O–H groups in total. The molecule has 0 heterocycles. The van der Waals surface area contributed by atoms with E-state index >= 15 is 0 Å². The predicted octanol–water partition coefficient (Wildman–Crippen LogP) is 3.39. The van der Waals surface area contributed by atoms with Crippen LogP contribution < -0.4 is 10.6 Å². The summed E-state index contributed by atoms with van der Waals surface area (Å²) in [6.45, 7) is 1.57. The Balaban J connectivity index is 1.97. The van der Waals surface area contributed by atoms with E-state index in [0.717, 1.165) is 12.1 Å². The molecule has 0 fully saturated rings. The molecule has 0 aliphatic rings. The molecule has 166 valence electrons. The first-order valence-electron chi connectivity index (χ1n) is 9.30. The summed E-state index contributed by atoms with van der Waals surface area (Å²) in [5.41, 5.74) is -0.669. The lowest BCUT2D eigenvalue weighted by Gasteiger charge is -2.20. The number of benzene rings is 2. The third kappa shape index (κ3) is 7.10. The van der Waals surface area contributed by atoms with Crippen molar-refractivity contribution in [1.82, 2.24) is 4.90 Å². The van der Waals surface area contributed by atoms with Crippen LogP contribution in [0.3, 0.4) is 0 Å². The van der Waals surface area contributed by atoms with Gasteiger partial charge in [0.1, 0.15) is 0 Å². The van der Waals surface area contributed by atoms with Crippen molar-refractivity contribution < 1.29 is 32.3 Å². The number of hydrogen-bond acceptors (Lipinski definition) is 5. The molecule has 2 rings (SSSR count). The molecule has 2 aromatic rings. The van der Waals surface area contributed by atoms with Gasteiger partial charge in [-0.25, -0.2) is 4.79 Å². The molecule has 0 saturated heterocycles. The first-order valence-corrected chi connectivity index (χ1v) is 9.30. The lowest BCUT2D eigenvalue weighted by Crippen LogP contribution is -2.38. The molecule has 0 atom stereocenters. The zero-order valence-corrected chi connectivity index (χ0v) is 17.0. The summed E-state index contributed by atoms with van der Waals surface area (Å²) in [7, 11) is 1.24. The summed E-state index contributed by atoms with van der Waals surface area (Å²) < 4.78 is 43.8. The van der Waals surface area contributed by atoms with Gasteiger partial charge in [-0.2, -0.15) is 13.2 Å². The number of hydrogen-bond donors (Lipinski definition) is 2.